The average molecular weight is 409 g/mol. The van der Waals surface area contributed by atoms with E-state index in [9.17, 15) is 4.39 Å². The highest BCUT2D eigenvalue weighted by molar-refractivity contribution is 5.85. The fourth-order valence-corrected chi connectivity index (χ4v) is 6.04. The van der Waals surface area contributed by atoms with E-state index in [0.29, 0.717) is 23.7 Å². The van der Waals surface area contributed by atoms with E-state index in [1.165, 1.54) is 69.8 Å². The molecular formula is C28H37FO. The van der Waals surface area contributed by atoms with Crippen molar-refractivity contribution in [2.75, 3.05) is 6.61 Å². The van der Waals surface area contributed by atoms with Gasteiger partial charge < -0.3 is 4.74 Å². The molecule has 0 aromatic heterocycles. The molecule has 0 aliphatic heterocycles. The standard InChI is InChI=1S/C28H37FO/c1-3-5-6-7-20-8-9-22-18-23(11-10-21(22)17-20)24-12-14-26-25(19-24)13-15-27(28(26)29)30-16-4-2/h4,12-15,19-23H,2-3,5-11,16-18H2,1H3/t20?,21-,22?,23-/m1/s1. The van der Waals surface area contributed by atoms with Gasteiger partial charge in [0.05, 0.1) is 0 Å². The summed E-state index contributed by atoms with van der Waals surface area (Å²) in [7, 11) is 0. The minimum Gasteiger partial charge on any atom is -0.486 e. The van der Waals surface area contributed by atoms with Crippen molar-refractivity contribution in [3.63, 3.8) is 0 Å². The summed E-state index contributed by atoms with van der Waals surface area (Å²) in [5.74, 6) is 3.51. The van der Waals surface area contributed by atoms with Gasteiger partial charge in [0.25, 0.3) is 0 Å². The van der Waals surface area contributed by atoms with Crippen LogP contribution in [0.3, 0.4) is 0 Å². The molecule has 2 unspecified atom stereocenters. The third kappa shape index (κ3) is 4.74. The SMILES string of the molecule is C=CCOc1ccc2cc([C@@H]3CC[C@@H]4CC(CCCCC)CCC4C3)ccc2c1F. The normalized spacial score (nSPS) is 26.3. The second kappa shape index (κ2) is 9.98. The van der Waals surface area contributed by atoms with Crippen molar-refractivity contribution < 1.29 is 9.13 Å². The number of rotatable bonds is 8. The molecular weight excluding hydrogens is 371 g/mol. The molecule has 30 heavy (non-hydrogen) atoms. The van der Waals surface area contributed by atoms with E-state index < -0.39 is 0 Å². The quantitative estimate of drug-likeness (QED) is 0.314. The molecule has 2 heteroatoms. The monoisotopic (exact) mass is 408 g/mol. The van der Waals surface area contributed by atoms with E-state index in [1.54, 1.807) is 12.1 Å². The molecule has 4 rings (SSSR count). The Labute approximate surface area is 181 Å². The topological polar surface area (TPSA) is 9.23 Å². The van der Waals surface area contributed by atoms with Gasteiger partial charge in [-0.2, -0.15) is 0 Å². The van der Waals surface area contributed by atoms with E-state index >= 15 is 0 Å². The van der Waals surface area contributed by atoms with Crippen LogP contribution in [0.5, 0.6) is 5.75 Å². The molecule has 0 amide bonds. The van der Waals surface area contributed by atoms with Crippen molar-refractivity contribution in [1.82, 2.24) is 0 Å². The van der Waals surface area contributed by atoms with Gasteiger partial charge in [-0.1, -0.05) is 75.9 Å². The fourth-order valence-electron chi connectivity index (χ4n) is 6.04. The summed E-state index contributed by atoms with van der Waals surface area (Å²) in [4.78, 5) is 0. The average Bonchev–Trinajstić information content (AvgIpc) is 2.78. The summed E-state index contributed by atoms with van der Waals surface area (Å²) >= 11 is 0. The van der Waals surface area contributed by atoms with Gasteiger partial charge in [-0.15, -0.1) is 0 Å². The highest BCUT2D eigenvalue weighted by Crippen LogP contribution is 2.48. The number of fused-ring (bicyclic) bond motifs is 2. The number of benzene rings is 2. The molecule has 0 spiro atoms. The summed E-state index contributed by atoms with van der Waals surface area (Å²) in [6, 6.07) is 10.1. The van der Waals surface area contributed by atoms with E-state index in [2.05, 4.69) is 25.6 Å². The van der Waals surface area contributed by atoms with E-state index in [-0.39, 0.29) is 5.82 Å². The summed E-state index contributed by atoms with van der Waals surface area (Å²) in [6.45, 7) is 6.26. The second-order valence-electron chi connectivity index (χ2n) is 9.66. The van der Waals surface area contributed by atoms with Gasteiger partial charge in [0, 0.05) is 5.39 Å². The van der Waals surface area contributed by atoms with Crippen LogP contribution in [0.15, 0.2) is 43.0 Å². The van der Waals surface area contributed by atoms with Crippen LogP contribution >= 0.6 is 0 Å². The van der Waals surface area contributed by atoms with Crippen LogP contribution in [0.25, 0.3) is 10.8 Å². The maximum atomic E-state index is 14.8. The molecule has 2 aliphatic carbocycles. The lowest BCUT2D eigenvalue weighted by molar-refractivity contribution is 0.113. The van der Waals surface area contributed by atoms with Crippen molar-refractivity contribution >= 4 is 10.8 Å². The van der Waals surface area contributed by atoms with E-state index in [1.807, 2.05) is 12.1 Å². The predicted octanol–water partition coefficient (Wildman–Crippen LogP) is 8.42. The lowest BCUT2D eigenvalue weighted by Crippen LogP contribution is -2.30. The van der Waals surface area contributed by atoms with Crippen LogP contribution < -0.4 is 4.74 Å². The molecule has 4 atom stereocenters. The third-order valence-electron chi connectivity index (χ3n) is 7.71. The Hall–Kier alpha value is -1.83. The molecule has 1 nitrogen and oxygen atoms in total. The van der Waals surface area contributed by atoms with Gasteiger partial charge >= 0.3 is 0 Å². The molecule has 2 fully saturated rings. The molecule has 162 valence electrons. The Morgan fingerprint density at radius 1 is 1.03 bits per heavy atom. The highest BCUT2D eigenvalue weighted by atomic mass is 19.1. The number of ether oxygens (including phenoxy) is 1. The van der Waals surface area contributed by atoms with Gasteiger partial charge in [-0.05, 0) is 72.8 Å². The lowest BCUT2D eigenvalue weighted by Gasteiger charge is -2.42. The summed E-state index contributed by atoms with van der Waals surface area (Å²) in [5.41, 5.74) is 1.39. The van der Waals surface area contributed by atoms with Gasteiger partial charge in [0.15, 0.2) is 11.6 Å². The fraction of sp³-hybridized carbons (Fsp3) is 0.571. The molecule has 2 saturated carbocycles. The first-order valence-electron chi connectivity index (χ1n) is 12.2. The molecule has 0 radical (unpaired) electrons. The van der Waals surface area contributed by atoms with Crippen molar-refractivity contribution in [2.24, 2.45) is 17.8 Å². The van der Waals surface area contributed by atoms with Gasteiger partial charge in [-0.25, -0.2) is 4.39 Å². The Balaban J connectivity index is 1.41. The van der Waals surface area contributed by atoms with Gasteiger partial charge in [0.1, 0.15) is 6.61 Å². The Morgan fingerprint density at radius 3 is 2.70 bits per heavy atom. The van der Waals surface area contributed by atoms with Gasteiger partial charge in [-0.3, -0.25) is 0 Å². The zero-order valence-electron chi connectivity index (χ0n) is 18.5. The van der Waals surface area contributed by atoms with Gasteiger partial charge in [0.2, 0.25) is 0 Å². The molecule has 0 saturated heterocycles. The first-order chi connectivity index (χ1) is 14.7. The van der Waals surface area contributed by atoms with Crippen LogP contribution in [0.2, 0.25) is 0 Å². The minimum atomic E-state index is -0.258. The maximum Gasteiger partial charge on any atom is 0.172 e. The number of hydrogen-bond donors (Lipinski definition) is 0. The van der Waals surface area contributed by atoms with Crippen LogP contribution in [-0.4, -0.2) is 6.61 Å². The number of hydrogen-bond acceptors (Lipinski definition) is 1. The third-order valence-corrected chi connectivity index (χ3v) is 7.71. The van der Waals surface area contributed by atoms with Crippen molar-refractivity contribution in [1.29, 1.82) is 0 Å². The second-order valence-corrected chi connectivity index (χ2v) is 9.66. The molecule has 0 N–H and O–H groups in total. The molecule has 2 aliphatic rings. The van der Waals surface area contributed by atoms with Crippen molar-refractivity contribution in [3.05, 3.63) is 54.4 Å². The van der Waals surface area contributed by atoms with Crippen molar-refractivity contribution in [2.45, 2.75) is 77.0 Å². The smallest absolute Gasteiger partial charge is 0.172 e. The molecule has 2 aromatic rings. The Kier molecular flexibility index (Phi) is 7.12. The molecule has 0 bridgehead atoms. The zero-order chi connectivity index (χ0) is 20.9. The van der Waals surface area contributed by atoms with Crippen LogP contribution in [-0.2, 0) is 0 Å². The summed E-state index contributed by atoms with van der Waals surface area (Å²) in [5, 5.41) is 1.64. The predicted molar refractivity (Wildman–Crippen MR) is 125 cm³/mol. The minimum absolute atomic E-state index is 0.258. The lowest BCUT2D eigenvalue weighted by atomic mass is 9.63. The number of halogens is 1. The zero-order valence-corrected chi connectivity index (χ0v) is 18.5. The summed E-state index contributed by atoms with van der Waals surface area (Å²) in [6.07, 6.45) is 15.6. The first-order valence-corrected chi connectivity index (χ1v) is 12.2. The van der Waals surface area contributed by atoms with Crippen LogP contribution in [0.4, 0.5) is 4.39 Å². The first kappa shape index (κ1) is 21.4. The Bertz CT molecular complexity index is 857. The largest absolute Gasteiger partial charge is 0.486 e. The van der Waals surface area contributed by atoms with Crippen LogP contribution in [0.1, 0.15) is 82.6 Å². The molecule has 2 aromatic carbocycles. The summed E-state index contributed by atoms with van der Waals surface area (Å²) < 4.78 is 20.2. The van der Waals surface area contributed by atoms with Crippen LogP contribution in [0, 0.1) is 23.6 Å². The number of unbranched alkanes of at least 4 members (excludes halogenated alkanes) is 2. The highest BCUT2D eigenvalue weighted by Gasteiger charge is 2.35. The van der Waals surface area contributed by atoms with E-state index in [4.69, 9.17) is 4.74 Å². The van der Waals surface area contributed by atoms with Crippen molar-refractivity contribution in [3.8, 4) is 5.75 Å². The maximum absolute atomic E-state index is 14.8. The van der Waals surface area contributed by atoms with E-state index in [0.717, 1.165) is 23.1 Å². The molecule has 0 heterocycles. The Morgan fingerprint density at radius 2 is 1.87 bits per heavy atom.